The van der Waals surface area contributed by atoms with Gasteiger partial charge in [-0.25, -0.2) is 0 Å². The Labute approximate surface area is 117 Å². The molecule has 1 aromatic rings. The summed E-state index contributed by atoms with van der Waals surface area (Å²) in [4.78, 5) is 2.66. The van der Waals surface area contributed by atoms with Crippen LogP contribution in [0.2, 0.25) is 0 Å². The zero-order chi connectivity index (χ0) is 13.5. The minimum Gasteiger partial charge on any atom is -0.329 e. The van der Waals surface area contributed by atoms with Crippen molar-refractivity contribution >= 4 is 0 Å². The topological polar surface area (TPSA) is 29.3 Å². The van der Waals surface area contributed by atoms with E-state index in [1.54, 1.807) is 0 Å². The molecule has 1 unspecified atom stereocenters. The molecule has 2 nitrogen and oxygen atoms in total. The molecule has 0 amide bonds. The Morgan fingerprint density at radius 2 is 1.63 bits per heavy atom. The molecular weight excluding hydrogens is 232 g/mol. The lowest BCUT2D eigenvalue weighted by Crippen LogP contribution is -2.62. The molecule has 0 radical (unpaired) electrons. The zero-order valence-corrected chi connectivity index (χ0v) is 12.3. The number of hydrogen-bond donors (Lipinski definition) is 1. The van der Waals surface area contributed by atoms with E-state index < -0.39 is 0 Å². The largest absolute Gasteiger partial charge is 0.329 e. The molecule has 19 heavy (non-hydrogen) atoms. The van der Waals surface area contributed by atoms with Crippen LogP contribution in [0.1, 0.15) is 50.7 Å². The van der Waals surface area contributed by atoms with Crippen molar-refractivity contribution in [3.8, 4) is 0 Å². The minimum atomic E-state index is 0.185. The minimum absolute atomic E-state index is 0.185. The maximum atomic E-state index is 6.29. The van der Waals surface area contributed by atoms with Crippen LogP contribution >= 0.6 is 0 Å². The number of nitrogens with zero attached hydrogens (tertiary/aromatic N) is 1. The predicted molar refractivity (Wildman–Crippen MR) is 79.7 cm³/mol. The van der Waals surface area contributed by atoms with Crippen LogP contribution in [0.5, 0.6) is 0 Å². The van der Waals surface area contributed by atoms with E-state index in [1.165, 1.54) is 36.8 Å². The maximum absolute atomic E-state index is 6.29. The second-order valence-electron chi connectivity index (χ2n) is 6.95. The first-order valence-electron chi connectivity index (χ1n) is 7.61. The van der Waals surface area contributed by atoms with Gasteiger partial charge in [-0.3, -0.25) is 4.90 Å². The zero-order valence-electron chi connectivity index (χ0n) is 12.3. The molecule has 0 bridgehead atoms. The van der Waals surface area contributed by atoms with Crippen LogP contribution in [0, 0.1) is 5.41 Å². The van der Waals surface area contributed by atoms with E-state index in [0.29, 0.717) is 5.41 Å². The third-order valence-electron chi connectivity index (χ3n) is 5.69. The summed E-state index contributed by atoms with van der Waals surface area (Å²) in [6, 6.07) is 8.86. The van der Waals surface area contributed by atoms with Crippen molar-refractivity contribution in [1.29, 1.82) is 0 Å². The van der Waals surface area contributed by atoms with Crippen LogP contribution in [0.25, 0.3) is 0 Å². The van der Waals surface area contributed by atoms with Crippen molar-refractivity contribution in [2.45, 2.75) is 58.2 Å². The Hall–Kier alpha value is -0.860. The predicted octanol–water partition coefficient (Wildman–Crippen LogP) is 3.30. The highest BCUT2D eigenvalue weighted by molar-refractivity contribution is 5.31. The van der Waals surface area contributed by atoms with Crippen molar-refractivity contribution in [2.24, 2.45) is 11.1 Å². The average molecular weight is 258 g/mol. The summed E-state index contributed by atoms with van der Waals surface area (Å²) in [6.45, 7) is 7.78. The van der Waals surface area contributed by atoms with Gasteiger partial charge in [-0.15, -0.1) is 0 Å². The van der Waals surface area contributed by atoms with Crippen molar-refractivity contribution in [1.82, 2.24) is 4.90 Å². The van der Waals surface area contributed by atoms with E-state index in [9.17, 15) is 0 Å². The summed E-state index contributed by atoms with van der Waals surface area (Å²) in [6.07, 6.45) is 5.24. The quantitative estimate of drug-likeness (QED) is 0.882. The van der Waals surface area contributed by atoms with Gasteiger partial charge >= 0.3 is 0 Å². The van der Waals surface area contributed by atoms with Crippen LogP contribution in [-0.2, 0) is 13.1 Å². The summed E-state index contributed by atoms with van der Waals surface area (Å²) in [7, 11) is 0. The lowest BCUT2D eigenvalue weighted by Gasteiger charge is -2.55. The fourth-order valence-corrected chi connectivity index (χ4v) is 4.28. The van der Waals surface area contributed by atoms with Crippen molar-refractivity contribution in [3.63, 3.8) is 0 Å². The molecule has 1 aliphatic heterocycles. The fourth-order valence-electron chi connectivity index (χ4n) is 4.28. The van der Waals surface area contributed by atoms with Crippen LogP contribution in [0.4, 0.5) is 0 Å². The van der Waals surface area contributed by atoms with Gasteiger partial charge in [-0.2, -0.15) is 0 Å². The van der Waals surface area contributed by atoms with Gasteiger partial charge in [0.25, 0.3) is 0 Å². The third kappa shape index (κ3) is 1.93. The fraction of sp³-hybridized carbons (Fsp3) is 0.647. The lowest BCUT2D eigenvalue weighted by molar-refractivity contribution is -0.0475. The molecule has 2 heteroatoms. The smallest absolute Gasteiger partial charge is 0.0389 e. The highest BCUT2D eigenvalue weighted by atomic mass is 15.2. The van der Waals surface area contributed by atoms with Gasteiger partial charge in [-0.05, 0) is 29.4 Å². The summed E-state index contributed by atoms with van der Waals surface area (Å²) in [5.74, 6) is 0. The van der Waals surface area contributed by atoms with Crippen LogP contribution in [-0.4, -0.2) is 17.0 Å². The molecule has 1 atom stereocenters. The highest BCUT2D eigenvalue weighted by Gasteiger charge is 2.50. The summed E-state index contributed by atoms with van der Waals surface area (Å²) < 4.78 is 0. The molecule has 0 aromatic heterocycles. The molecule has 2 aliphatic rings. The van der Waals surface area contributed by atoms with Gasteiger partial charge < -0.3 is 5.73 Å². The molecule has 1 saturated carbocycles. The Morgan fingerprint density at radius 1 is 1.05 bits per heavy atom. The van der Waals surface area contributed by atoms with E-state index in [2.05, 4.69) is 43.0 Å². The second-order valence-corrected chi connectivity index (χ2v) is 6.95. The van der Waals surface area contributed by atoms with Crippen LogP contribution in [0.3, 0.4) is 0 Å². The number of nitrogens with two attached hydrogens (primary N) is 1. The lowest BCUT2D eigenvalue weighted by atomic mass is 9.62. The van der Waals surface area contributed by atoms with Crippen molar-refractivity contribution in [3.05, 3.63) is 35.4 Å². The SMILES string of the molecule is CC1(C)CCCCC1(CN)N1Cc2ccccc2C1. The van der Waals surface area contributed by atoms with Gasteiger partial charge in [-0.1, -0.05) is 51.0 Å². The molecule has 1 heterocycles. The first-order valence-corrected chi connectivity index (χ1v) is 7.61. The standard InChI is InChI=1S/C17H26N2/c1-16(2)9-5-6-10-17(16,13-18)19-11-14-7-3-4-8-15(14)12-19/h3-4,7-8H,5-6,9-13,18H2,1-2H3. The van der Waals surface area contributed by atoms with Crippen molar-refractivity contribution < 1.29 is 0 Å². The Kier molecular flexibility index (Phi) is 3.18. The monoisotopic (exact) mass is 258 g/mol. The maximum Gasteiger partial charge on any atom is 0.0389 e. The third-order valence-corrected chi connectivity index (χ3v) is 5.69. The molecule has 104 valence electrons. The van der Waals surface area contributed by atoms with Crippen LogP contribution in [0.15, 0.2) is 24.3 Å². The molecule has 1 fully saturated rings. The number of benzene rings is 1. The number of hydrogen-bond acceptors (Lipinski definition) is 2. The average Bonchev–Trinajstić information content (AvgIpc) is 2.82. The van der Waals surface area contributed by atoms with Gasteiger partial charge in [0.15, 0.2) is 0 Å². The summed E-state index contributed by atoms with van der Waals surface area (Å²) >= 11 is 0. The summed E-state index contributed by atoms with van der Waals surface area (Å²) in [5, 5.41) is 0. The first kappa shape index (κ1) is 13.1. The second kappa shape index (κ2) is 4.60. The molecule has 0 saturated heterocycles. The summed E-state index contributed by atoms with van der Waals surface area (Å²) in [5.41, 5.74) is 9.79. The molecule has 2 N–H and O–H groups in total. The highest BCUT2D eigenvalue weighted by Crippen LogP contribution is 2.49. The molecule has 0 spiro atoms. The van der Waals surface area contributed by atoms with Gasteiger partial charge in [0.2, 0.25) is 0 Å². The van der Waals surface area contributed by atoms with Gasteiger partial charge in [0.1, 0.15) is 0 Å². The molecule has 1 aliphatic carbocycles. The van der Waals surface area contributed by atoms with Gasteiger partial charge in [0, 0.05) is 25.2 Å². The van der Waals surface area contributed by atoms with E-state index in [1.807, 2.05) is 0 Å². The van der Waals surface area contributed by atoms with Crippen LogP contribution < -0.4 is 5.73 Å². The van der Waals surface area contributed by atoms with E-state index in [0.717, 1.165) is 19.6 Å². The van der Waals surface area contributed by atoms with E-state index in [-0.39, 0.29) is 5.54 Å². The molecule has 3 rings (SSSR count). The Bertz CT molecular complexity index is 441. The first-order chi connectivity index (χ1) is 9.09. The molecular formula is C17H26N2. The normalized spacial score (nSPS) is 30.3. The van der Waals surface area contributed by atoms with Crippen molar-refractivity contribution in [2.75, 3.05) is 6.54 Å². The van der Waals surface area contributed by atoms with Gasteiger partial charge in [0.05, 0.1) is 0 Å². The number of rotatable bonds is 2. The van der Waals surface area contributed by atoms with E-state index in [4.69, 9.17) is 5.73 Å². The van der Waals surface area contributed by atoms with E-state index >= 15 is 0 Å². The molecule has 1 aromatic carbocycles. The number of fused-ring (bicyclic) bond motifs is 1. The Morgan fingerprint density at radius 3 is 2.16 bits per heavy atom. The Balaban J connectivity index is 1.92.